The third-order valence-corrected chi connectivity index (χ3v) is 1.92. The Morgan fingerprint density at radius 2 is 1.87 bits per heavy atom. The highest BCUT2D eigenvalue weighted by atomic mass is 15.1. The Balaban J connectivity index is 2.25. The molecule has 0 saturated heterocycles. The van der Waals surface area contributed by atoms with E-state index < -0.39 is 0 Å². The van der Waals surface area contributed by atoms with Gasteiger partial charge >= 0.3 is 0 Å². The van der Waals surface area contributed by atoms with E-state index >= 15 is 0 Å². The zero-order valence-corrected chi connectivity index (χ0v) is 8.38. The number of anilines is 1. The number of nitrogen functional groups attached to an aromatic ring is 1. The van der Waals surface area contributed by atoms with Crippen molar-refractivity contribution < 1.29 is 0 Å². The first-order chi connectivity index (χ1) is 7.24. The van der Waals surface area contributed by atoms with Gasteiger partial charge in [0.15, 0.2) is 0 Å². The van der Waals surface area contributed by atoms with Crippen molar-refractivity contribution in [3.63, 3.8) is 0 Å². The molecule has 0 aliphatic rings. The largest absolute Gasteiger partial charge is 0.368 e. The second-order valence-corrected chi connectivity index (χ2v) is 3.19. The average Bonchev–Trinajstić information content (AvgIpc) is 2.17. The van der Waals surface area contributed by atoms with Crippen LogP contribution in [-0.2, 0) is 6.42 Å². The van der Waals surface area contributed by atoms with Gasteiger partial charge in [0.1, 0.15) is 11.6 Å². The molecule has 2 rings (SSSR count). The van der Waals surface area contributed by atoms with Crippen LogP contribution in [0.5, 0.6) is 0 Å². The molecule has 2 N–H and O–H groups in total. The summed E-state index contributed by atoms with van der Waals surface area (Å²) in [5, 5.41) is 0. The van der Waals surface area contributed by atoms with E-state index in [2.05, 4.69) is 19.9 Å². The monoisotopic (exact) mass is 201 g/mol. The van der Waals surface area contributed by atoms with Crippen LogP contribution in [0, 0.1) is 6.92 Å². The van der Waals surface area contributed by atoms with Crippen molar-refractivity contribution in [2.75, 3.05) is 5.73 Å². The molecule has 15 heavy (non-hydrogen) atoms. The van der Waals surface area contributed by atoms with Crippen molar-refractivity contribution in [2.24, 2.45) is 0 Å². The van der Waals surface area contributed by atoms with Crippen LogP contribution in [0.4, 0.5) is 5.95 Å². The van der Waals surface area contributed by atoms with Crippen LogP contribution in [0.15, 0.2) is 24.5 Å². The van der Waals surface area contributed by atoms with E-state index in [0.29, 0.717) is 18.1 Å². The normalized spacial score (nSPS) is 10.2. The molecule has 2 aromatic rings. The first-order valence-electron chi connectivity index (χ1n) is 4.60. The molecule has 0 unspecified atom stereocenters. The maximum atomic E-state index is 5.54. The number of aromatic nitrogens is 4. The third-order valence-electron chi connectivity index (χ3n) is 1.92. The van der Waals surface area contributed by atoms with E-state index in [1.165, 1.54) is 0 Å². The fourth-order valence-electron chi connectivity index (χ4n) is 1.32. The van der Waals surface area contributed by atoms with Crippen LogP contribution in [0.2, 0.25) is 0 Å². The molecule has 0 amide bonds. The quantitative estimate of drug-likeness (QED) is 0.775. The lowest BCUT2D eigenvalue weighted by molar-refractivity contribution is 0.889. The molecule has 5 nitrogen and oxygen atoms in total. The molecule has 0 atom stereocenters. The summed E-state index contributed by atoms with van der Waals surface area (Å²) in [5.74, 6) is 1.60. The maximum absolute atomic E-state index is 5.54. The minimum absolute atomic E-state index is 0.270. The summed E-state index contributed by atoms with van der Waals surface area (Å²) in [4.78, 5) is 16.1. The van der Waals surface area contributed by atoms with Gasteiger partial charge in [-0.1, -0.05) is 0 Å². The smallest absolute Gasteiger partial charge is 0.223 e. The Bertz CT molecular complexity index is 434. The predicted octanol–water partition coefficient (Wildman–Crippen LogP) is 0.748. The van der Waals surface area contributed by atoms with E-state index in [1.54, 1.807) is 19.3 Å². The predicted molar refractivity (Wildman–Crippen MR) is 56.0 cm³/mol. The molecule has 0 bridgehead atoms. The first-order valence-corrected chi connectivity index (χ1v) is 4.60. The van der Waals surface area contributed by atoms with Gasteiger partial charge < -0.3 is 5.73 Å². The summed E-state index contributed by atoms with van der Waals surface area (Å²) in [6, 6.07) is 3.85. The molecule has 0 aliphatic heterocycles. The Kier molecular flexibility index (Phi) is 2.53. The van der Waals surface area contributed by atoms with E-state index in [4.69, 9.17) is 5.73 Å². The van der Waals surface area contributed by atoms with Crippen molar-refractivity contribution in [3.05, 3.63) is 41.7 Å². The van der Waals surface area contributed by atoms with E-state index in [-0.39, 0.29) is 5.95 Å². The molecule has 0 fully saturated rings. The van der Waals surface area contributed by atoms with Crippen molar-refractivity contribution in [3.8, 4) is 0 Å². The molecule has 76 valence electrons. The summed E-state index contributed by atoms with van der Waals surface area (Å²) < 4.78 is 0. The second-order valence-electron chi connectivity index (χ2n) is 3.19. The van der Waals surface area contributed by atoms with E-state index in [1.807, 2.05) is 12.1 Å². The van der Waals surface area contributed by atoms with Crippen molar-refractivity contribution in [1.82, 2.24) is 19.9 Å². The van der Waals surface area contributed by atoms with Crippen LogP contribution in [0.1, 0.15) is 17.2 Å². The number of rotatable bonds is 2. The van der Waals surface area contributed by atoms with Crippen molar-refractivity contribution in [2.45, 2.75) is 13.3 Å². The lowest BCUT2D eigenvalue weighted by Gasteiger charge is -2.01. The number of nitrogens with zero attached hydrogens (tertiary/aromatic N) is 4. The van der Waals surface area contributed by atoms with Crippen molar-refractivity contribution >= 4 is 5.95 Å². The maximum Gasteiger partial charge on any atom is 0.223 e. The molecule has 0 spiro atoms. The Hall–Kier alpha value is -2.04. The Morgan fingerprint density at radius 3 is 2.53 bits per heavy atom. The number of hydrogen-bond donors (Lipinski definition) is 1. The molecule has 0 saturated carbocycles. The summed E-state index contributed by atoms with van der Waals surface area (Å²) in [6.07, 6.45) is 4.13. The minimum atomic E-state index is 0.270. The molecule has 0 radical (unpaired) electrons. The number of pyridine rings is 1. The van der Waals surface area contributed by atoms with Gasteiger partial charge in [0.2, 0.25) is 5.95 Å². The molecular formula is C10H11N5. The van der Waals surface area contributed by atoms with Crippen LogP contribution in [0.3, 0.4) is 0 Å². The molecule has 5 heteroatoms. The average molecular weight is 201 g/mol. The zero-order chi connectivity index (χ0) is 10.7. The van der Waals surface area contributed by atoms with Gasteiger partial charge in [-0.15, -0.1) is 0 Å². The summed E-state index contributed by atoms with van der Waals surface area (Å²) in [6.45, 7) is 1.80. The van der Waals surface area contributed by atoms with Crippen LogP contribution in [-0.4, -0.2) is 19.9 Å². The lowest BCUT2D eigenvalue weighted by Crippen LogP contribution is -2.05. The van der Waals surface area contributed by atoms with Gasteiger partial charge in [-0.05, 0) is 24.6 Å². The SMILES string of the molecule is Cc1nc(N)nc(Cc2ccncc2)n1. The van der Waals surface area contributed by atoms with Crippen LogP contribution < -0.4 is 5.73 Å². The lowest BCUT2D eigenvalue weighted by atomic mass is 10.2. The summed E-state index contributed by atoms with van der Waals surface area (Å²) in [5.41, 5.74) is 6.64. The number of hydrogen-bond acceptors (Lipinski definition) is 5. The van der Waals surface area contributed by atoms with Gasteiger partial charge in [-0.2, -0.15) is 9.97 Å². The highest BCUT2D eigenvalue weighted by molar-refractivity contribution is 5.20. The molecule has 2 aromatic heterocycles. The zero-order valence-electron chi connectivity index (χ0n) is 8.38. The second kappa shape index (κ2) is 4.00. The van der Waals surface area contributed by atoms with Gasteiger partial charge in [0.25, 0.3) is 0 Å². The number of aryl methyl sites for hydroxylation is 1. The highest BCUT2D eigenvalue weighted by Crippen LogP contribution is 2.05. The molecule has 0 aromatic carbocycles. The third kappa shape index (κ3) is 2.46. The van der Waals surface area contributed by atoms with Crippen LogP contribution in [0.25, 0.3) is 0 Å². The number of nitrogens with two attached hydrogens (primary N) is 1. The van der Waals surface area contributed by atoms with Gasteiger partial charge in [-0.25, -0.2) is 4.98 Å². The minimum Gasteiger partial charge on any atom is -0.368 e. The highest BCUT2D eigenvalue weighted by Gasteiger charge is 2.02. The topological polar surface area (TPSA) is 77.6 Å². The van der Waals surface area contributed by atoms with E-state index in [0.717, 1.165) is 5.56 Å². The molecular weight excluding hydrogens is 190 g/mol. The summed E-state index contributed by atoms with van der Waals surface area (Å²) >= 11 is 0. The van der Waals surface area contributed by atoms with Gasteiger partial charge in [-0.3, -0.25) is 4.98 Å². The van der Waals surface area contributed by atoms with Crippen molar-refractivity contribution in [1.29, 1.82) is 0 Å². The van der Waals surface area contributed by atoms with Crippen LogP contribution >= 0.6 is 0 Å². The Labute approximate surface area is 87.4 Å². The summed E-state index contributed by atoms with van der Waals surface area (Å²) in [7, 11) is 0. The van der Waals surface area contributed by atoms with Gasteiger partial charge in [0.05, 0.1) is 0 Å². The Morgan fingerprint density at radius 1 is 1.13 bits per heavy atom. The fourth-order valence-corrected chi connectivity index (χ4v) is 1.32. The van der Waals surface area contributed by atoms with Gasteiger partial charge in [0, 0.05) is 18.8 Å². The standard InChI is InChI=1S/C10H11N5/c1-7-13-9(15-10(11)14-7)6-8-2-4-12-5-3-8/h2-5H,6H2,1H3,(H2,11,13,14,15). The first kappa shape index (κ1) is 9.51. The fraction of sp³-hybridized carbons (Fsp3) is 0.200. The molecule has 2 heterocycles. The molecule has 0 aliphatic carbocycles. The van der Waals surface area contributed by atoms with E-state index in [9.17, 15) is 0 Å².